The van der Waals surface area contributed by atoms with Gasteiger partial charge in [0.15, 0.2) is 17.2 Å². The molecule has 0 saturated carbocycles. The fraction of sp³-hybridized carbons (Fsp3) is 0.0667. The average molecular weight is 312 g/mol. The standard InChI is InChI=1S/C15H12N4O4/c20-10-5-3-9(4-6-10)17-18-14-11(8-13(22)23)16-15-12(21)2-1-7-19(14)15/h1-7,20-21H,8H2,(H,22,23). The number of aliphatic carboxylic acids is 1. The van der Waals surface area contributed by atoms with E-state index in [4.69, 9.17) is 5.11 Å². The molecule has 0 amide bonds. The zero-order valence-corrected chi connectivity index (χ0v) is 11.8. The van der Waals surface area contributed by atoms with Crippen LogP contribution in [-0.4, -0.2) is 30.7 Å². The third-order valence-electron chi connectivity index (χ3n) is 3.10. The Morgan fingerprint density at radius 2 is 1.87 bits per heavy atom. The third kappa shape index (κ3) is 2.95. The summed E-state index contributed by atoms with van der Waals surface area (Å²) in [4.78, 5) is 15.1. The van der Waals surface area contributed by atoms with Gasteiger partial charge in [-0.3, -0.25) is 9.20 Å². The lowest BCUT2D eigenvalue weighted by molar-refractivity contribution is -0.136. The van der Waals surface area contributed by atoms with E-state index in [1.54, 1.807) is 24.4 Å². The SMILES string of the molecule is O=C(O)Cc1nc2c(O)cccn2c1N=Nc1ccc(O)cc1. The molecule has 0 spiro atoms. The van der Waals surface area contributed by atoms with Crippen molar-refractivity contribution in [3.63, 3.8) is 0 Å². The summed E-state index contributed by atoms with van der Waals surface area (Å²) in [5, 5.41) is 36.1. The number of hydrogen-bond donors (Lipinski definition) is 3. The van der Waals surface area contributed by atoms with Crippen LogP contribution in [0, 0.1) is 0 Å². The molecule has 1 aromatic carbocycles. The van der Waals surface area contributed by atoms with Crippen molar-refractivity contribution in [1.82, 2.24) is 9.38 Å². The molecular weight excluding hydrogens is 300 g/mol. The summed E-state index contributed by atoms with van der Waals surface area (Å²) in [5.41, 5.74) is 0.893. The fourth-order valence-electron chi connectivity index (χ4n) is 2.08. The van der Waals surface area contributed by atoms with Gasteiger partial charge in [-0.1, -0.05) is 0 Å². The number of aromatic nitrogens is 2. The number of rotatable bonds is 4. The molecule has 8 heteroatoms. The first-order valence-electron chi connectivity index (χ1n) is 6.66. The minimum Gasteiger partial charge on any atom is -0.508 e. The van der Waals surface area contributed by atoms with Gasteiger partial charge < -0.3 is 15.3 Å². The van der Waals surface area contributed by atoms with Gasteiger partial charge in [0.2, 0.25) is 0 Å². The molecule has 3 aromatic rings. The third-order valence-corrected chi connectivity index (χ3v) is 3.10. The van der Waals surface area contributed by atoms with Gasteiger partial charge in [-0.2, -0.15) is 0 Å². The number of hydrogen-bond acceptors (Lipinski definition) is 6. The van der Waals surface area contributed by atoms with Crippen LogP contribution in [0.2, 0.25) is 0 Å². The van der Waals surface area contributed by atoms with Gasteiger partial charge in [-0.05, 0) is 36.4 Å². The zero-order chi connectivity index (χ0) is 16.4. The number of azo groups is 1. The van der Waals surface area contributed by atoms with Crippen molar-refractivity contribution in [2.24, 2.45) is 10.2 Å². The van der Waals surface area contributed by atoms with Crippen LogP contribution < -0.4 is 0 Å². The molecule has 2 aromatic heterocycles. The van der Waals surface area contributed by atoms with Crippen LogP contribution in [0.1, 0.15) is 5.69 Å². The molecule has 0 fully saturated rings. The van der Waals surface area contributed by atoms with Gasteiger partial charge in [-0.25, -0.2) is 4.98 Å². The van der Waals surface area contributed by atoms with Crippen molar-refractivity contribution >= 4 is 23.1 Å². The Kier molecular flexibility index (Phi) is 3.63. The molecule has 0 aliphatic rings. The van der Waals surface area contributed by atoms with E-state index in [9.17, 15) is 15.0 Å². The number of imidazole rings is 1. The second kappa shape index (κ2) is 5.76. The average Bonchev–Trinajstić information content (AvgIpc) is 2.85. The van der Waals surface area contributed by atoms with E-state index in [0.29, 0.717) is 5.69 Å². The van der Waals surface area contributed by atoms with Crippen molar-refractivity contribution in [2.45, 2.75) is 6.42 Å². The quantitative estimate of drug-likeness (QED) is 0.640. The fourth-order valence-corrected chi connectivity index (χ4v) is 2.08. The van der Waals surface area contributed by atoms with Gasteiger partial charge in [0.05, 0.1) is 17.8 Å². The first kappa shape index (κ1) is 14.5. The molecule has 0 aliphatic carbocycles. The number of fused-ring (bicyclic) bond motifs is 1. The summed E-state index contributed by atoms with van der Waals surface area (Å²) < 4.78 is 1.47. The maximum absolute atomic E-state index is 11.0. The van der Waals surface area contributed by atoms with Gasteiger partial charge in [0.1, 0.15) is 5.75 Å². The predicted octanol–water partition coefficient (Wildman–Crippen LogP) is 2.79. The molecule has 3 N–H and O–H groups in total. The molecule has 0 aliphatic heterocycles. The highest BCUT2D eigenvalue weighted by Gasteiger charge is 2.16. The number of carboxylic acid groups (broad SMARTS) is 1. The van der Waals surface area contributed by atoms with E-state index in [0.717, 1.165) is 0 Å². The number of aromatic hydroxyl groups is 2. The largest absolute Gasteiger partial charge is 0.508 e. The Labute approximate surface area is 130 Å². The van der Waals surface area contributed by atoms with Crippen molar-refractivity contribution < 1.29 is 20.1 Å². The molecule has 23 heavy (non-hydrogen) atoms. The summed E-state index contributed by atoms with van der Waals surface area (Å²) >= 11 is 0. The number of phenols is 1. The Morgan fingerprint density at radius 1 is 1.13 bits per heavy atom. The summed E-state index contributed by atoms with van der Waals surface area (Å²) in [5.74, 6) is -0.805. The van der Waals surface area contributed by atoms with Crippen molar-refractivity contribution in [1.29, 1.82) is 0 Å². The summed E-state index contributed by atoms with van der Waals surface area (Å²) in [6, 6.07) is 9.11. The highest BCUT2D eigenvalue weighted by Crippen LogP contribution is 2.28. The van der Waals surface area contributed by atoms with Gasteiger partial charge >= 0.3 is 5.97 Å². The Morgan fingerprint density at radius 3 is 2.57 bits per heavy atom. The van der Waals surface area contributed by atoms with E-state index in [1.165, 1.54) is 22.6 Å². The summed E-state index contributed by atoms with van der Waals surface area (Å²) in [6.45, 7) is 0. The van der Waals surface area contributed by atoms with Crippen LogP contribution in [0.3, 0.4) is 0 Å². The van der Waals surface area contributed by atoms with Gasteiger partial charge in [0, 0.05) is 6.20 Å². The van der Waals surface area contributed by atoms with Crippen LogP contribution in [0.5, 0.6) is 11.5 Å². The molecule has 0 bridgehead atoms. The molecule has 2 heterocycles. The Bertz CT molecular complexity index is 900. The van der Waals surface area contributed by atoms with Crippen LogP contribution >= 0.6 is 0 Å². The summed E-state index contributed by atoms with van der Waals surface area (Å²) in [6.07, 6.45) is 1.27. The first-order chi connectivity index (χ1) is 11.0. The van der Waals surface area contributed by atoms with Crippen molar-refractivity contribution in [2.75, 3.05) is 0 Å². The molecule has 0 unspecified atom stereocenters. The van der Waals surface area contributed by atoms with Crippen LogP contribution in [-0.2, 0) is 11.2 Å². The number of nitrogens with zero attached hydrogens (tertiary/aromatic N) is 4. The maximum atomic E-state index is 11.0. The van der Waals surface area contributed by atoms with Gasteiger partial charge in [0.25, 0.3) is 0 Å². The first-order valence-corrected chi connectivity index (χ1v) is 6.66. The van der Waals surface area contributed by atoms with E-state index in [1.807, 2.05) is 0 Å². The van der Waals surface area contributed by atoms with E-state index >= 15 is 0 Å². The highest BCUT2D eigenvalue weighted by molar-refractivity contribution is 5.73. The molecule has 0 radical (unpaired) electrons. The van der Waals surface area contributed by atoms with Crippen LogP contribution in [0.25, 0.3) is 5.65 Å². The zero-order valence-electron chi connectivity index (χ0n) is 11.8. The second-order valence-electron chi connectivity index (χ2n) is 4.76. The van der Waals surface area contributed by atoms with Crippen molar-refractivity contribution in [3.05, 3.63) is 48.3 Å². The van der Waals surface area contributed by atoms with Crippen LogP contribution in [0.4, 0.5) is 11.5 Å². The monoisotopic (exact) mass is 312 g/mol. The molecule has 116 valence electrons. The normalized spacial score (nSPS) is 11.3. The Balaban J connectivity index is 2.08. The van der Waals surface area contributed by atoms with Gasteiger partial charge in [-0.15, -0.1) is 10.2 Å². The molecule has 0 atom stereocenters. The molecule has 8 nitrogen and oxygen atoms in total. The number of carbonyl (C=O) groups is 1. The summed E-state index contributed by atoms with van der Waals surface area (Å²) in [7, 11) is 0. The lowest BCUT2D eigenvalue weighted by atomic mass is 10.3. The van der Waals surface area contributed by atoms with E-state index in [-0.39, 0.29) is 35.1 Å². The Hall–Kier alpha value is -3.42. The second-order valence-corrected chi connectivity index (χ2v) is 4.76. The minimum absolute atomic E-state index is 0.0785. The molecular formula is C15H12N4O4. The number of pyridine rings is 1. The van der Waals surface area contributed by atoms with Crippen LogP contribution in [0.15, 0.2) is 52.8 Å². The lowest BCUT2D eigenvalue weighted by Crippen LogP contribution is -2.00. The molecule has 0 saturated heterocycles. The lowest BCUT2D eigenvalue weighted by Gasteiger charge is -1.98. The number of carboxylic acids is 1. The van der Waals surface area contributed by atoms with E-state index < -0.39 is 5.97 Å². The minimum atomic E-state index is -1.06. The van der Waals surface area contributed by atoms with E-state index in [2.05, 4.69) is 15.2 Å². The number of phenolic OH excluding ortho intramolecular Hbond substituents is 1. The predicted molar refractivity (Wildman–Crippen MR) is 80.5 cm³/mol. The van der Waals surface area contributed by atoms with Crippen molar-refractivity contribution in [3.8, 4) is 11.5 Å². The smallest absolute Gasteiger partial charge is 0.309 e. The highest BCUT2D eigenvalue weighted by atomic mass is 16.4. The topological polar surface area (TPSA) is 120 Å². The number of benzene rings is 1. The molecule has 3 rings (SSSR count). The maximum Gasteiger partial charge on any atom is 0.309 e.